The molecule has 1 fully saturated rings. The largest absolute Gasteiger partial charge is 0.489 e. The van der Waals surface area contributed by atoms with Crippen molar-refractivity contribution in [2.45, 2.75) is 13.2 Å². The van der Waals surface area contributed by atoms with Crippen LogP contribution in [0.15, 0.2) is 84.0 Å². The van der Waals surface area contributed by atoms with Crippen molar-refractivity contribution in [3.63, 3.8) is 0 Å². The second-order valence-corrected chi connectivity index (χ2v) is 7.82. The standard InChI is InChI=1S/C25H26ClN3O/c26-25-9-5-4-8-23(25)19-28-14-16-29(17-15-28)27-18-21-10-12-24(13-11-21)30-20-22-6-2-1-3-7-22/h1-13,18H,14-17,19-20H2. The van der Waals surface area contributed by atoms with Crippen LogP contribution in [0.25, 0.3) is 0 Å². The van der Waals surface area contributed by atoms with Crippen LogP contribution >= 0.6 is 11.6 Å². The molecule has 0 N–H and O–H groups in total. The highest BCUT2D eigenvalue weighted by Crippen LogP contribution is 2.18. The van der Waals surface area contributed by atoms with Gasteiger partial charge in [0.25, 0.3) is 0 Å². The minimum absolute atomic E-state index is 0.576. The maximum Gasteiger partial charge on any atom is 0.119 e. The van der Waals surface area contributed by atoms with Gasteiger partial charge in [0.15, 0.2) is 0 Å². The van der Waals surface area contributed by atoms with Gasteiger partial charge in [0.1, 0.15) is 12.4 Å². The summed E-state index contributed by atoms with van der Waals surface area (Å²) in [5.41, 5.74) is 3.42. The molecule has 1 heterocycles. The van der Waals surface area contributed by atoms with Crippen molar-refractivity contribution in [2.75, 3.05) is 26.2 Å². The minimum Gasteiger partial charge on any atom is -0.489 e. The zero-order valence-corrected chi connectivity index (χ0v) is 17.7. The van der Waals surface area contributed by atoms with Gasteiger partial charge in [-0.25, -0.2) is 0 Å². The molecule has 0 spiro atoms. The van der Waals surface area contributed by atoms with E-state index in [2.05, 4.69) is 33.2 Å². The average Bonchev–Trinajstić information content (AvgIpc) is 2.80. The second-order valence-electron chi connectivity index (χ2n) is 7.41. The molecule has 0 unspecified atom stereocenters. The van der Waals surface area contributed by atoms with Crippen LogP contribution in [0, 0.1) is 0 Å². The topological polar surface area (TPSA) is 28.1 Å². The molecule has 0 aliphatic carbocycles. The molecule has 1 saturated heterocycles. The highest BCUT2D eigenvalue weighted by Gasteiger charge is 2.16. The Hall–Kier alpha value is -2.82. The molecule has 4 nitrogen and oxygen atoms in total. The van der Waals surface area contributed by atoms with Crippen LogP contribution in [-0.2, 0) is 13.2 Å². The van der Waals surface area contributed by atoms with Gasteiger partial charge in [-0.3, -0.25) is 9.91 Å². The lowest BCUT2D eigenvalue weighted by atomic mass is 10.2. The van der Waals surface area contributed by atoms with Crippen molar-refractivity contribution in [1.29, 1.82) is 0 Å². The van der Waals surface area contributed by atoms with E-state index >= 15 is 0 Å². The lowest BCUT2D eigenvalue weighted by Gasteiger charge is -2.33. The molecule has 4 rings (SSSR count). The SMILES string of the molecule is Clc1ccccc1CN1CCN(N=Cc2ccc(OCc3ccccc3)cc2)CC1. The van der Waals surface area contributed by atoms with Gasteiger partial charge >= 0.3 is 0 Å². The monoisotopic (exact) mass is 419 g/mol. The lowest BCUT2D eigenvalue weighted by Crippen LogP contribution is -2.43. The van der Waals surface area contributed by atoms with E-state index in [0.717, 1.165) is 54.6 Å². The molecule has 0 saturated carbocycles. The molecule has 3 aromatic rings. The Morgan fingerprint density at radius 3 is 2.27 bits per heavy atom. The zero-order valence-electron chi connectivity index (χ0n) is 17.0. The van der Waals surface area contributed by atoms with Gasteiger partial charge in [-0.1, -0.05) is 60.1 Å². The van der Waals surface area contributed by atoms with E-state index in [1.165, 1.54) is 5.56 Å². The summed E-state index contributed by atoms with van der Waals surface area (Å²) >= 11 is 6.28. The number of piperazine rings is 1. The first-order valence-corrected chi connectivity index (χ1v) is 10.7. The van der Waals surface area contributed by atoms with Crippen molar-refractivity contribution in [3.8, 4) is 5.75 Å². The van der Waals surface area contributed by atoms with Gasteiger partial charge in [0.05, 0.1) is 6.21 Å². The number of ether oxygens (including phenoxy) is 1. The predicted octanol–water partition coefficient (Wildman–Crippen LogP) is 5.07. The Labute approximate surface area is 183 Å². The third-order valence-electron chi connectivity index (χ3n) is 5.20. The number of hydrogen-bond acceptors (Lipinski definition) is 4. The Balaban J connectivity index is 1.23. The summed E-state index contributed by atoms with van der Waals surface area (Å²) in [4.78, 5) is 2.42. The van der Waals surface area contributed by atoms with Crippen LogP contribution in [0.5, 0.6) is 5.75 Å². The Morgan fingerprint density at radius 1 is 0.833 bits per heavy atom. The van der Waals surface area contributed by atoms with Crippen LogP contribution < -0.4 is 4.74 Å². The molecule has 0 bridgehead atoms. The zero-order chi connectivity index (χ0) is 20.6. The van der Waals surface area contributed by atoms with Gasteiger partial charge in [0.2, 0.25) is 0 Å². The smallest absolute Gasteiger partial charge is 0.119 e. The summed E-state index contributed by atoms with van der Waals surface area (Å²) in [6, 6.07) is 26.3. The van der Waals surface area contributed by atoms with Crippen molar-refractivity contribution in [3.05, 3.63) is 101 Å². The first-order chi connectivity index (χ1) is 14.8. The summed E-state index contributed by atoms with van der Waals surface area (Å²) in [7, 11) is 0. The number of hydrogen-bond donors (Lipinski definition) is 0. The molecule has 3 aromatic carbocycles. The van der Waals surface area contributed by atoms with E-state index in [9.17, 15) is 0 Å². The minimum atomic E-state index is 0.576. The fourth-order valence-electron chi connectivity index (χ4n) is 3.42. The van der Waals surface area contributed by atoms with Crippen molar-refractivity contribution >= 4 is 17.8 Å². The first-order valence-electron chi connectivity index (χ1n) is 10.3. The molecular formula is C25H26ClN3O. The van der Waals surface area contributed by atoms with Crippen LogP contribution in [0.1, 0.15) is 16.7 Å². The summed E-state index contributed by atoms with van der Waals surface area (Å²) in [6.07, 6.45) is 1.92. The van der Waals surface area contributed by atoms with Crippen LogP contribution in [-0.4, -0.2) is 42.3 Å². The highest BCUT2D eigenvalue weighted by molar-refractivity contribution is 6.31. The molecule has 0 aromatic heterocycles. The second kappa shape index (κ2) is 10.3. The fourth-order valence-corrected chi connectivity index (χ4v) is 3.61. The van der Waals surface area contributed by atoms with Crippen molar-refractivity contribution < 1.29 is 4.74 Å². The third-order valence-corrected chi connectivity index (χ3v) is 5.57. The molecule has 1 aliphatic rings. The summed E-state index contributed by atoms with van der Waals surface area (Å²) in [5.74, 6) is 0.865. The van der Waals surface area contributed by atoms with E-state index in [1.807, 2.05) is 66.9 Å². The number of nitrogens with zero attached hydrogens (tertiary/aromatic N) is 3. The summed E-state index contributed by atoms with van der Waals surface area (Å²) in [6.45, 7) is 5.26. The van der Waals surface area contributed by atoms with Crippen molar-refractivity contribution in [2.24, 2.45) is 5.10 Å². The third kappa shape index (κ3) is 5.85. The molecule has 0 amide bonds. The van der Waals surface area contributed by atoms with Gasteiger partial charge in [-0.05, 0) is 47.0 Å². The molecule has 5 heteroatoms. The number of hydrazone groups is 1. The van der Waals surface area contributed by atoms with Crippen LogP contribution in [0.4, 0.5) is 0 Å². The number of rotatable bonds is 7. The Kier molecular flexibility index (Phi) is 7.01. The number of halogens is 1. The van der Waals surface area contributed by atoms with E-state index in [0.29, 0.717) is 6.61 Å². The van der Waals surface area contributed by atoms with E-state index in [-0.39, 0.29) is 0 Å². The summed E-state index contributed by atoms with van der Waals surface area (Å²) < 4.78 is 5.84. The normalized spacial score (nSPS) is 14.9. The van der Waals surface area contributed by atoms with E-state index in [1.54, 1.807) is 0 Å². The first kappa shape index (κ1) is 20.5. The van der Waals surface area contributed by atoms with E-state index < -0.39 is 0 Å². The maximum atomic E-state index is 6.28. The predicted molar refractivity (Wildman–Crippen MR) is 123 cm³/mol. The molecule has 1 aliphatic heterocycles. The molecule has 154 valence electrons. The van der Waals surface area contributed by atoms with Crippen molar-refractivity contribution in [1.82, 2.24) is 9.91 Å². The van der Waals surface area contributed by atoms with Gasteiger partial charge < -0.3 is 4.74 Å². The maximum absolute atomic E-state index is 6.28. The molecule has 0 atom stereocenters. The average molecular weight is 420 g/mol. The molecule has 0 radical (unpaired) electrons. The quantitative estimate of drug-likeness (QED) is 0.500. The number of benzene rings is 3. The van der Waals surface area contributed by atoms with E-state index in [4.69, 9.17) is 16.3 Å². The van der Waals surface area contributed by atoms with Gasteiger partial charge in [-0.2, -0.15) is 5.10 Å². The van der Waals surface area contributed by atoms with Gasteiger partial charge in [0, 0.05) is 37.7 Å². The highest BCUT2D eigenvalue weighted by atomic mass is 35.5. The van der Waals surface area contributed by atoms with Crippen LogP contribution in [0.3, 0.4) is 0 Å². The lowest BCUT2D eigenvalue weighted by molar-refractivity contribution is 0.131. The van der Waals surface area contributed by atoms with Gasteiger partial charge in [-0.15, -0.1) is 0 Å². The Bertz CT molecular complexity index is 952. The molecular weight excluding hydrogens is 394 g/mol. The molecule has 30 heavy (non-hydrogen) atoms. The fraction of sp³-hybridized carbons (Fsp3) is 0.240. The Morgan fingerprint density at radius 2 is 1.53 bits per heavy atom. The van der Waals surface area contributed by atoms with Crippen LogP contribution in [0.2, 0.25) is 5.02 Å². The summed E-state index contributed by atoms with van der Waals surface area (Å²) in [5, 5.41) is 7.62.